The van der Waals surface area contributed by atoms with Crippen LogP contribution in [0.5, 0.6) is 5.75 Å². The summed E-state index contributed by atoms with van der Waals surface area (Å²) in [7, 11) is 0. The Morgan fingerprint density at radius 1 is 1.12 bits per heavy atom. The highest BCUT2D eigenvalue weighted by Crippen LogP contribution is 2.23. The Kier molecular flexibility index (Phi) is 6.07. The van der Waals surface area contributed by atoms with E-state index in [1.54, 1.807) is 12.1 Å². The Labute approximate surface area is 148 Å². The van der Waals surface area contributed by atoms with Crippen LogP contribution in [0, 0.1) is 5.92 Å². The first-order chi connectivity index (χ1) is 12.2. The fourth-order valence-corrected chi connectivity index (χ4v) is 3.26. The predicted octanol–water partition coefficient (Wildman–Crippen LogP) is 3.55. The third kappa shape index (κ3) is 5.33. The number of nitrogens with one attached hydrogen (secondary N) is 1. The lowest BCUT2D eigenvalue weighted by atomic mass is 9.87. The molecule has 2 unspecified atom stereocenters. The SMILES string of the molecule is O=C(NCC1CCCC(O)C1)c1cccc(OCc2ccccc2)c1. The molecule has 2 aromatic carbocycles. The van der Waals surface area contributed by atoms with E-state index in [9.17, 15) is 9.90 Å². The summed E-state index contributed by atoms with van der Waals surface area (Å²) in [5, 5.41) is 12.7. The zero-order valence-electron chi connectivity index (χ0n) is 14.4. The maximum atomic E-state index is 12.4. The molecule has 2 atom stereocenters. The molecule has 0 radical (unpaired) electrons. The molecule has 4 nitrogen and oxygen atoms in total. The largest absolute Gasteiger partial charge is 0.489 e. The molecule has 0 bridgehead atoms. The normalized spacial score (nSPS) is 20.0. The molecule has 2 aromatic rings. The molecule has 1 amide bonds. The van der Waals surface area contributed by atoms with E-state index in [4.69, 9.17) is 4.74 Å². The summed E-state index contributed by atoms with van der Waals surface area (Å²) in [6, 6.07) is 17.2. The topological polar surface area (TPSA) is 58.6 Å². The van der Waals surface area contributed by atoms with Crippen LogP contribution in [0.2, 0.25) is 0 Å². The molecule has 25 heavy (non-hydrogen) atoms. The molecule has 3 rings (SSSR count). The maximum Gasteiger partial charge on any atom is 0.251 e. The molecule has 0 aliphatic heterocycles. The number of carbonyl (C=O) groups excluding carboxylic acids is 1. The van der Waals surface area contributed by atoms with Crippen LogP contribution < -0.4 is 10.1 Å². The number of amides is 1. The smallest absolute Gasteiger partial charge is 0.251 e. The van der Waals surface area contributed by atoms with Crippen molar-refractivity contribution in [3.8, 4) is 5.75 Å². The summed E-state index contributed by atoms with van der Waals surface area (Å²) >= 11 is 0. The Hall–Kier alpha value is -2.33. The van der Waals surface area contributed by atoms with Crippen LogP contribution in [0.1, 0.15) is 41.6 Å². The lowest BCUT2D eigenvalue weighted by molar-refractivity contribution is 0.0873. The van der Waals surface area contributed by atoms with Crippen LogP contribution in [-0.2, 0) is 6.61 Å². The van der Waals surface area contributed by atoms with E-state index in [1.807, 2.05) is 42.5 Å². The minimum atomic E-state index is -0.217. The fourth-order valence-electron chi connectivity index (χ4n) is 3.26. The molecule has 1 aliphatic carbocycles. The van der Waals surface area contributed by atoms with Gasteiger partial charge >= 0.3 is 0 Å². The number of carbonyl (C=O) groups is 1. The Morgan fingerprint density at radius 2 is 1.96 bits per heavy atom. The number of hydrogen-bond donors (Lipinski definition) is 2. The second kappa shape index (κ2) is 8.67. The number of hydrogen-bond acceptors (Lipinski definition) is 3. The Bertz CT molecular complexity index is 687. The third-order valence-corrected chi connectivity index (χ3v) is 4.65. The minimum absolute atomic E-state index is 0.0924. The second-order valence-corrected chi connectivity index (χ2v) is 6.70. The van der Waals surface area contributed by atoms with E-state index >= 15 is 0 Å². The first-order valence-electron chi connectivity index (χ1n) is 8.94. The zero-order chi connectivity index (χ0) is 17.5. The van der Waals surface area contributed by atoms with Crippen molar-refractivity contribution >= 4 is 5.91 Å². The van der Waals surface area contributed by atoms with Crippen molar-refractivity contribution in [2.75, 3.05) is 6.54 Å². The summed E-state index contributed by atoms with van der Waals surface area (Å²) in [5.74, 6) is 0.958. The number of aliphatic hydroxyl groups is 1. The molecule has 132 valence electrons. The highest BCUT2D eigenvalue weighted by molar-refractivity contribution is 5.94. The molecule has 0 spiro atoms. The van der Waals surface area contributed by atoms with Gasteiger partial charge in [-0.1, -0.05) is 42.8 Å². The van der Waals surface area contributed by atoms with Gasteiger partial charge in [0, 0.05) is 12.1 Å². The molecular weight excluding hydrogens is 314 g/mol. The quantitative estimate of drug-likeness (QED) is 0.846. The van der Waals surface area contributed by atoms with E-state index in [0.717, 1.165) is 31.2 Å². The van der Waals surface area contributed by atoms with Gasteiger partial charge in [-0.25, -0.2) is 0 Å². The average Bonchev–Trinajstić information content (AvgIpc) is 2.65. The van der Waals surface area contributed by atoms with Crippen molar-refractivity contribution in [2.24, 2.45) is 5.92 Å². The van der Waals surface area contributed by atoms with Crippen molar-refractivity contribution in [1.29, 1.82) is 0 Å². The van der Waals surface area contributed by atoms with Crippen LogP contribution in [-0.4, -0.2) is 23.7 Å². The second-order valence-electron chi connectivity index (χ2n) is 6.70. The highest BCUT2D eigenvalue weighted by atomic mass is 16.5. The molecule has 0 aromatic heterocycles. The highest BCUT2D eigenvalue weighted by Gasteiger charge is 2.20. The van der Waals surface area contributed by atoms with Crippen molar-refractivity contribution in [3.63, 3.8) is 0 Å². The van der Waals surface area contributed by atoms with E-state index in [2.05, 4.69) is 5.32 Å². The molecule has 4 heteroatoms. The van der Waals surface area contributed by atoms with Crippen molar-refractivity contribution < 1.29 is 14.6 Å². The Balaban J connectivity index is 1.52. The van der Waals surface area contributed by atoms with Crippen LogP contribution in [0.25, 0.3) is 0 Å². The lowest BCUT2D eigenvalue weighted by Gasteiger charge is -2.25. The van der Waals surface area contributed by atoms with E-state index in [-0.39, 0.29) is 12.0 Å². The maximum absolute atomic E-state index is 12.4. The predicted molar refractivity (Wildman–Crippen MR) is 97.5 cm³/mol. The van der Waals surface area contributed by atoms with Crippen LogP contribution in [0.15, 0.2) is 54.6 Å². The van der Waals surface area contributed by atoms with Crippen molar-refractivity contribution in [3.05, 3.63) is 65.7 Å². The van der Waals surface area contributed by atoms with Crippen molar-refractivity contribution in [2.45, 2.75) is 38.4 Å². The summed E-state index contributed by atoms with van der Waals surface area (Å²) < 4.78 is 5.78. The van der Waals surface area contributed by atoms with Crippen molar-refractivity contribution in [1.82, 2.24) is 5.32 Å². The first kappa shape index (κ1) is 17.5. The molecule has 1 fully saturated rings. The standard InChI is InChI=1S/C21H25NO3/c23-19-10-4-8-17(12-19)14-22-21(24)18-9-5-11-20(13-18)25-15-16-6-2-1-3-7-16/h1-3,5-7,9,11,13,17,19,23H,4,8,10,12,14-15H2,(H,22,24). The lowest BCUT2D eigenvalue weighted by Crippen LogP contribution is -2.32. The fraction of sp³-hybridized carbons (Fsp3) is 0.381. The number of ether oxygens (including phenoxy) is 1. The molecule has 1 aliphatic rings. The van der Waals surface area contributed by atoms with Gasteiger partial charge in [0.05, 0.1) is 6.10 Å². The molecule has 0 heterocycles. The first-order valence-corrected chi connectivity index (χ1v) is 8.94. The van der Waals surface area contributed by atoms with Gasteiger partial charge in [0.25, 0.3) is 5.91 Å². The number of aliphatic hydroxyl groups excluding tert-OH is 1. The van der Waals surface area contributed by atoms with Crippen LogP contribution in [0.4, 0.5) is 0 Å². The molecule has 1 saturated carbocycles. The van der Waals surface area contributed by atoms with Gasteiger partial charge < -0.3 is 15.2 Å². The zero-order valence-corrected chi connectivity index (χ0v) is 14.4. The number of benzene rings is 2. The summed E-state index contributed by atoms with van der Waals surface area (Å²) in [4.78, 5) is 12.4. The van der Waals surface area contributed by atoms with E-state index < -0.39 is 0 Å². The van der Waals surface area contributed by atoms with Gasteiger partial charge in [-0.2, -0.15) is 0 Å². The van der Waals surface area contributed by atoms with Gasteiger partial charge in [-0.05, 0) is 48.9 Å². The molecule has 2 N–H and O–H groups in total. The third-order valence-electron chi connectivity index (χ3n) is 4.65. The summed E-state index contributed by atoms with van der Waals surface area (Å²) in [5.41, 5.74) is 1.69. The molecular formula is C21H25NO3. The Morgan fingerprint density at radius 3 is 2.76 bits per heavy atom. The van der Waals surface area contributed by atoms with E-state index in [0.29, 0.717) is 30.4 Å². The van der Waals surface area contributed by atoms with Gasteiger partial charge in [0.15, 0.2) is 0 Å². The summed E-state index contributed by atoms with van der Waals surface area (Å²) in [6.07, 6.45) is 3.54. The van der Waals surface area contributed by atoms with E-state index in [1.165, 1.54) is 0 Å². The van der Waals surface area contributed by atoms with Gasteiger partial charge in [0.2, 0.25) is 0 Å². The van der Waals surface area contributed by atoms with Gasteiger partial charge in [0.1, 0.15) is 12.4 Å². The van der Waals surface area contributed by atoms with Gasteiger partial charge in [-0.3, -0.25) is 4.79 Å². The number of rotatable bonds is 6. The summed E-state index contributed by atoms with van der Waals surface area (Å²) in [6.45, 7) is 1.09. The monoisotopic (exact) mass is 339 g/mol. The minimum Gasteiger partial charge on any atom is -0.489 e. The average molecular weight is 339 g/mol. The van der Waals surface area contributed by atoms with Crippen LogP contribution in [0.3, 0.4) is 0 Å². The molecule has 0 saturated heterocycles. The van der Waals surface area contributed by atoms with Gasteiger partial charge in [-0.15, -0.1) is 0 Å². The van der Waals surface area contributed by atoms with Crippen LogP contribution >= 0.6 is 0 Å².